The molecule has 1 N–H and O–H groups in total. The van der Waals surface area contributed by atoms with Gasteiger partial charge in [0.1, 0.15) is 6.29 Å². The second kappa shape index (κ2) is 6.12. The van der Waals surface area contributed by atoms with Crippen molar-refractivity contribution in [1.29, 1.82) is 0 Å². The molecule has 0 unspecified atom stereocenters. The van der Waals surface area contributed by atoms with Gasteiger partial charge >= 0.3 is 0 Å². The Morgan fingerprint density at radius 1 is 1.06 bits per heavy atom. The fourth-order valence-electron chi connectivity index (χ4n) is 1.93. The number of rotatable bonds is 5. The van der Waals surface area contributed by atoms with Gasteiger partial charge in [-0.15, -0.1) is 0 Å². The van der Waals surface area contributed by atoms with Crippen molar-refractivity contribution >= 4 is 6.29 Å². The molecule has 0 bridgehead atoms. The second-order valence-electron chi connectivity index (χ2n) is 4.39. The molecule has 0 saturated carbocycles. The minimum atomic E-state index is 0.735. The Morgan fingerprint density at radius 3 is 2.50 bits per heavy atom. The molecule has 2 aromatic rings. The van der Waals surface area contributed by atoms with Crippen molar-refractivity contribution in [1.82, 2.24) is 5.32 Å². The Kier molecular flexibility index (Phi) is 4.26. The topological polar surface area (TPSA) is 29.1 Å². The molecule has 0 saturated heterocycles. The van der Waals surface area contributed by atoms with Gasteiger partial charge in [-0.05, 0) is 29.7 Å². The predicted molar refractivity (Wildman–Crippen MR) is 73.6 cm³/mol. The number of aldehydes is 1. The zero-order valence-corrected chi connectivity index (χ0v) is 10.5. The molecule has 0 aromatic heterocycles. The smallest absolute Gasteiger partial charge is 0.150 e. The lowest BCUT2D eigenvalue weighted by atomic mass is 10.1. The van der Waals surface area contributed by atoms with Crippen molar-refractivity contribution in [2.24, 2.45) is 0 Å². The number of hydrogen-bond donors (Lipinski definition) is 1. The molecule has 0 heterocycles. The predicted octanol–water partition coefficient (Wildman–Crippen LogP) is 3.10. The quantitative estimate of drug-likeness (QED) is 0.812. The highest BCUT2D eigenvalue weighted by molar-refractivity contribution is 5.75. The summed E-state index contributed by atoms with van der Waals surface area (Å²) in [5.41, 5.74) is 4.40. The highest BCUT2D eigenvalue weighted by Gasteiger charge is 1.99. The van der Waals surface area contributed by atoms with E-state index >= 15 is 0 Å². The molecule has 0 aliphatic rings. The second-order valence-corrected chi connectivity index (χ2v) is 4.39. The molecule has 2 heteroatoms. The standard InChI is InChI=1S/C16H17NO/c1-13-9-15(12-18)7-8-16(13)11-17-10-14-5-3-2-4-6-14/h2-9,12,17H,10-11H2,1H3. The van der Waals surface area contributed by atoms with Gasteiger partial charge in [0.25, 0.3) is 0 Å². The monoisotopic (exact) mass is 239 g/mol. The summed E-state index contributed by atoms with van der Waals surface area (Å²) in [6.45, 7) is 3.71. The minimum Gasteiger partial charge on any atom is -0.309 e. The third-order valence-electron chi connectivity index (χ3n) is 2.99. The van der Waals surface area contributed by atoms with E-state index in [0.29, 0.717) is 0 Å². The first-order valence-corrected chi connectivity index (χ1v) is 6.09. The van der Waals surface area contributed by atoms with Gasteiger partial charge in [-0.1, -0.05) is 42.5 Å². The first-order valence-electron chi connectivity index (χ1n) is 6.09. The fourth-order valence-corrected chi connectivity index (χ4v) is 1.93. The van der Waals surface area contributed by atoms with E-state index in [4.69, 9.17) is 0 Å². The van der Waals surface area contributed by atoms with Crippen LogP contribution in [0, 0.1) is 6.92 Å². The number of aryl methyl sites for hydroxylation is 1. The lowest BCUT2D eigenvalue weighted by Crippen LogP contribution is -2.13. The molecule has 92 valence electrons. The minimum absolute atomic E-state index is 0.735. The molecule has 2 rings (SSSR count). The summed E-state index contributed by atoms with van der Waals surface area (Å²) in [4.78, 5) is 10.7. The third kappa shape index (κ3) is 3.28. The number of carbonyl (C=O) groups is 1. The van der Waals surface area contributed by atoms with E-state index in [1.807, 2.05) is 43.3 Å². The largest absolute Gasteiger partial charge is 0.309 e. The van der Waals surface area contributed by atoms with Crippen molar-refractivity contribution in [3.63, 3.8) is 0 Å². The Morgan fingerprint density at radius 2 is 1.83 bits per heavy atom. The summed E-state index contributed by atoms with van der Waals surface area (Å²) in [6.07, 6.45) is 0.883. The van der Waals surface area contributed by atoms with Crippen molar-refractivity contribution in [3.05, 3.63) is 70.8 Å². The van der Waals surface area contributed by atoms with E-state index in [9.17, 15) is 4.79 Å². The van der Waals surface area contributed by atoms with Crippen LogP contribution in [-0.4, -0.2) is 6.29 Å². The molecular formula is C16H17NO. The first-order chi connectivity index (χ1) is 8.79. The fraction of sp³-hybridized carbons (Fsp3) is 0.188. The van der Waals surface area contributed by atoms with E-state index in [1.165, 1.54) is 11.1 Å². The van der Waals surface area contributed by atoms with Crippen molar-refractivity contribution < 1.29 is 4.79 Å². The van der Waals surface area contributed by atoms with Crippen LogP contribution in [0.5, 0.6) is 0 Å². The van der Waals surface area contributed by atoms with E-state index in [1.54, 1.807) is 0 Å². The normalized spacial score (nSPS) is 10.3. The van der Waals surface area contributed by atoms with Gasteiger partial charge in [-0.3, -0.25) is 4.79 Å². The van der Waals surface area contributed by atoms with Gasteiger partial charge in [0.2, 0.25) is 0 Å². The molecule has 0 atom stereocenters. The molecule has 0 radical (unpaired) electrons. The molecule has 2 aromatic carbocycles. The number of nitrogens with one attached hydrogen (secondary N) is 1. The van der Waals surface area contributed by atoms with E-state index in [2.05, 4.69) is 17.4 Å². The summed E-state index contributed by atoms with van der Waals surface area (Å²) in [5.74, 6) is 0. The van der Waals surface area contributed by atoms with Crippen LogP contribution in [0.15, 0.2) is 48.5 Å². The van der Waals surface area contributed by atoms with Crippen molar-refractivity contribution in [2.45, 2.75) is 20.0 Å². The van der Waals surface area contributed by atoms with Crippen LogP contribution >= 0.6 is 0 Å². The van der Waals surface area contributed by atoms with Crippen LogP contribution in [0.4, 0.5) is 0 Å². The SMILES string of the molecule is Cc1cc(C=O)ccc1CNCc1ccccc1. The molecule has 0 spiro atoms. The Hall–Kier alpha value is -1.93. The van der Waals surface area contributed by atoms with E-state index < -0.39 is 0 Å². The van der Waals surface area contributed by atoms with Gasteiger partial charge < -0.3 is 5.32 Å². The Labute approximate surface area is 108 Å². The van der Waals surface area contributed by atoms with E-state index in [0.717, 1.165) is 30.5 Å². The van der Waals surface area contributed by atoms with Crippen molar-refractivity contribution in [2.75, 3.05) is 0 Å². The molecular weight excluding hydrogens is 222 g/mol. The summed E-state index contributed by atoms with van der Waals surface area (Å²) < 4.78 is 0. The highest BCUT2D eigenvalue weighted by Crippen LogP contribution is 2.10. The molecule has 0 aliphatic carbocycles. The molecule has 0 fully saturated rings. The average molecular weight is 239 g/mol. The average Bonchev–Trinajstić information content (AvgIpc) is 2.42. The molecule has 2 nitrogen and oxygen atoms in total. The van der Waals surface area contributed by atoms with Crippen molar-refractivity contribution in [3.8, 4) is 0 Å². The van der Waals surface area contributed by atoms with E-state index in [-0.39, 0.29) is 0 Å². The summed E-state index contributed by atoms with van der Waals surface area (Å²) in [7, 11) is 0. The number of carbonyl (C=O) groups excluding carboxylic acids is 1. The summed E-state index contributed by atoms with van der Waals surface area (Å²) >= 11 is 0. The van der Waals surface area contributed by atoms with Gasteiger partial charge in [0, 0.05) is 18.7 Å². The third-order valence-corrected chi connectivity index (χ3v) is 2.99. The van der Waals surface area contributed by atoms with Crippen LogP contribution in [0.1, 0.15) is 27.0 Å². The maximum absolute atomic E-state index is 10.7. The zero-order valence-electron chi connectivity index (χ0n) is 10.5. The summed E-state index contributed by atoms with van der Waals surface area (Å²) in [5, 5.41) is 3.41. The number of hydrogen-bond acceptors (Lipinski definition) is 2. The zero-order chi connectivity index (χ0) is 12.8. The number of benzene rings is 2. The van der Waals surface area contributed by atoms with Crippen LogP contribution in [-0.2, 0) is 13.1 Å². The van der Waals surface area contributed by atoms with Gasteiger partial charge in [0.15, 0.2) is 0 Å². The first kappa shape index (κ1) is 12.5. The Balaban J connectivity index is 1.92. The van der Waals surface area contributed by atoms with Gasteiger partial charge in [-0.2, -0.15) is 0 Å². The molecule has 0 aliphatic heterocycles. The molecule has 18 heavy (non-hydrogen) atoms. The van der Waals surface area contributed by atoms with Crippen LogP contribution in [0.2, 0.25) is 0 Å². The van der Waals surface area contributed by atoms with Gasteiger partial charge in [0.05, 0.1) is 0 Å². The molecule has 0 amide bonds. The maximum Gasteiger partial charge on any atom is 0.150 e. The highest BCUT2D eigenvalue weighted by atomic mass is 16.1. The van der Waals surface area contributed by atoms with Crippen LogP contribution in [0.3, 0.4) is 0 Å². The maximum atomic E-state index is 10.7. The van der Waals surface area contributed by atoms with Crippen LogP contribution < -0.4 is 5.32 Å². The van der Waals surface area contributed by atoms with Crippen LogP contribution in [0.25, 0.3) is 0 Å². The lowest BCUT2D eigenvalue weighted by molar-refractivity contribution is 0.112. The summed E-state index contributed by atoms with van der Waals surface area (Å²) in [6, 6.07) is 16.1. The lowest BCUT2D eigenvalue weighted by Gasteiger charge is -2.08. The Bertz CT molecular complexity index is 520. The van der Waals surface area contributed by atoms with Gasteiger partial charge in [-0.25, -0.2) is 0 Å².